The number of carbonyl (C=O) groups excluding carboxylic acids is 2. The summed E-state index contributed by atoms with van der Waals surface area (Å²) >= 11 is 0. The predicted octanol–water partition coefficient (Wildman–Crippen LogP) is 7.65. The van der Waals surface area contributed by atoms with E-state index in [-0.39, 0.29) is 42.3 Å². The molecule has 4 aromatic carbocycles. The van der Waals surface area contributed by atoms with E-state index in [0.717, 1.165) is 67.6 Å². The molecule has 0 unspecified atom stereocenters. The van der Waals surface area contributed by atoms with E-state index in [2.05, 4.69) is 51.2 Å². The number of aromatic nitrogens is 1. The van der Waals surface area contributed by atoms with Gasteiger partial charge in [-0.15, -0.1) is 0 Å². The summed E-state index contributed by atoms with van der Waals surface area (Å²) in [7, 11) is -3.70. The van der Waals surface area contributed by atoms with Crippen molar-refractivity contribution in [3.8, 4) is 11.3 Å². The van der Waals surface area contributed by atoms with Crippen LogP contribution in [0, 0.1) is 0 Å². The average molecular weight is 964 g/mol. The highest BCUT2D eigenvalue weighted by atomic mass is 32.2. The number of aliphatic carboxylic acids is 1. The number of carboxylic acid groups (broad SMARTS) is 1. The average Bonchev–Trinajstić information content (AvgIpc) is 3.36. The first kappa shape index (κ1) is 52.4. The van der Waals surface area contributed by atoms with Crippen LogP contribution in [0.5, 0.6) is 0 Å². The van der Waals surface area contributed by atoms with Crippen molar-refractivity contribution in [2.24, 2.45) is 0 Å². The molecule has 0 spiro atoms. The Morgan fingerprint density at radius 3 is 2.14 bits per heavy atom. The molecular formula is C53H65N5O10S. The Kier molecular flexibility index (Phi) is 20.7. The Hall–Kier alpha value is -6.01. The van der Waals surface area contributed by atoms with Crippen molar-refractivity contribution in [3.05, 3.63) is 143 Å². The van der Waals surface area contributed by atoms with Crippen LogP contribution in [-0.4, -0.2) is 109 Å². The van der Waals surface area contributed by atoms with Crippen LogP contribution < -0.4 is 20.3 Å². The van der Waals surface area contributed by atoms with Crippen LogP contribution in [0.3, 0.4) is 0 Å². The molecular weight excluding hydrogens is 899 g/mol. The van der Waals surface area contributed by atoms with Crippen molar-refractivity contribution in [2.75, 3.05) is 82.7 Å². The second-order valence-corrected chi connectivity index (χ2v) is 18.4. The number of pyridine rings is 1. The molecule has 69 heavy (non-hydrogen) atoms. The lowest BCUT2D eigenvalue weighted by atomic mass is 9.87. The first-order chi connectivity index (χ1) is 33.5. The third-order valence-electron chi connectivity index (χ3n) is 11.8. The smallest absolute Gasteiger partial charge is 0.303 e. The summed E-state index contributed by atoms with van der Waals surface area (Å²) in [6, 6.07) is 31.4. The summed E-state index contributed by atoms with van der Waals surface area (Å²) in [5.41, 5.74) is 8.14. The molecule has 0 fully saturated rings. The summed E-state index contributed by atoms with van der Waals surface area (Å²) < 4.78 is 49.8. The highest BCUT2D eigenvalue weighted by Crippen LogP contribution is 2.33. The SMILES string of the molecule is CCN(CC)c1ccc(NC(=O)c2cccc(CCCOCCOCCOCCOCCNS(=O)(=O)c3ccc(CCC(=O)O)cc3)c2)c(-c2cc(C(=O)N[C@H]3CCCc4ccccc43)ccn2)c1. The molecule has 1 aliphatic carbocycles. The number of carbonyl (C=O) groups is 3. The van der Waals surface area contributed by atoms with Crippen LogP contribution in [0.25, 0.3) is 11.3 Å². The zero-order valence-electron chi connectivity index (χ0n) is 39.6. The summed E-state index contributed by atoms with van der Waals surface area (Å²) in [6.45, 7) is 8.88. The Morgan fingerprint density at radius 2 is 1.42 bits per heavy atom. The molecule has 16 heteroatoms. The standard InChI is InChI=1S/C53H65N5O10S/c1-3-58(4-2)44-20-23-49(47(38-44)50-37-43(25-26-54-50)53(62)56-48-16-8-13-41-12-5-6-15-46(41)48)57-52(61)42-14-7-10-40(36-42)11-9-28-65-30-32-67-34-35-68-33-31-66-29-27-55-69(63,64)45-21-17-39(18-22-45)19-24-51(59)60/h5-7,10,12,14-15,17-18,20-23,25-26,36-38,48,55H,3-4,8-9,11,13,16,19,24,27-35H2,1-2H3,(H,56,62)(H,57,61)(H,59,60)/t48-/m0/s1. The van der Waals surface area contributed by atoms with Gasteiger partial charge in [-0.3, -0.25) is 19.4 Å². The number of hydrogen-bond donors (Lipinski definition) is 4. The molecule has 0 saturated heterocycles. The van der Waals surface area contributed by atoms with Crippen molar-refractivity contribution >= 4 is 39.2 Å². The fraction of sp³-hybridized carbons (Fsp3) is 0.396. The van der Waals surface area contributed by atoms with Crippen molar-refractivity contribution in [1.82, 2.24) is 15.0 Å². The van der Waals surface area contributed by atoms with E-state index in [0.29, 0.717) is 75.2 Å². The Bertz CT molecular complexity index is 2550. The van der Waals surface area contributed by atoms with E-state index in [9.17, 15) is 22.8 Å². The number of benzene rings is 4. The first-order valence-electron chi connectivity index (χ1n) is 23.8. The minimum Gasteiger partial charge on any atom is -0.481 e. The molecule has 0 bridgehead atoms. The fourth-order valence-corrected chi connectivity index (χ4v) is 9.14. The van der Waals surface area contributed by atoms with Gasteiger partial charge in [0.2, 0.25) is 10.0 Å². The molecule has 5 aromatic rings. The van der Waals surface area contributed by atoms with E-state index in [4.69, 9.17) is 24.1 Å². The van der Waals surface area contributed by atoms with Crippen molar-refractivity contribution < 1.29 is 46.9 Å². The number of carboxylic acids is 1. The maximum atomic E-state index is 13.8. The van der Waals surface area contributed by atoms with Crippen LogP contribution in [0.15, 0.2) is 114 Å². The zero-order chi connectivity index (χ0) is 48.9. The predicted molar refractivity (Wildman–Crippen MR) is 266 cm³/mol. The number of ether oxygens (including phenoxy) is 4. The van der Waals surface area contributed by atoms with Gasteiger partial charge in [-0.25, -0.2) is 13.1 Å². The van der Waals surface area contributed by atoms with Crippen LogP contribution in [0.1, 0.15) is 88.5 Å². The van der Waals surface area contributed by atoms with Crippen LogP contribution in [-0.2, 0) is 53.0 Å². The number of fused-ring (bicyclic) bond motifs is 1. The molecule has 368 valence electrons. The quantitative estimate of drug-likeness (QED) is 0.0343. The second-order valence-electron chi connectivity index (χ2n) is 16.6. The number of anilines is 2. The third-order valence-corrected chi connectivity index (χ3v) is 13.3. The molecule has 1 heterocycles. The topological polar surface area (TPSA) is 195 Å². The van der Waals surface area contributed by atoms with Gasteiger partial charge < -0.3 is 39.6 Å². The van der Waals surface area contributed by atoms with Gasteiger partial charge in [0.25, 0.3) is 11.8 Å². The lowest BCUT2D eigenvalue weighted by Gasteiger charge is -2.26. The van der Waals surface area contributed by atoms with Gasteiger partial charge >= 0.3 is 5.97 Å². The number of aryl methyl sites for hydroxylation is 3. The molecule has 0 aliphatic heterocycles. The summed E-state index contributed by atoms with van der Waals surface area (Å²) in [5.74, 6) is -1.32. The van der Waals surface area contributed by atoms with Crippen molar-refractivity contribution in [1.29, 1.82) is 0 Å². The summed E-state index contributed by atoms with van der Waals surface area (Å²) in [6.07, 6.45) is 6.36. The number of hydrogen-bond acceptors (Lipinski definition) is 11. The molecule has 15 nitrogen and oxygen atoms in total. The van der Waals surface area contributed by atoms with Gasteiger partial charge in [0.15, 0.2) is 0 Å². The van der Waals surface area contributed by atoms with Crippen molar-refractivity contribution in [2.45, 2.75) is 69.7 Å². The van der Waals surface area contributed by atoms with Gasteiger partial charge in [0.05, 0.1) is 68.6 Å². The molecule has 1 atom stereocenters. The highest BCUT2D eigenvalue weighted by molar-refractivity contribution is 7.89. The second kappa shape index (κ2) is 27.2. The van der Waals surface area contributed by atoms with E-state index in [1.165, 1.54) is 23.3 Å². The third kappa shape index (κ3) is 16.3. The Balaban J connectivity index is 0.880. The Labute approximate surface area is 406 Å². The number of rotatable bonds is 29. The van der Waals surface area contributed by atoms with Gasteiger partial charge in [0.1, 0.15) is 0 Å². The van der Waals surface area contributed by atoms with E-state index < -0.39 is 16.0 Å². The minimum absolute atomic E-state index is 0.0182. The Morgan fingerprint density at radius 1 is 0.725 bits per heavy atom. The van der Waals surface area contributed by atoms with E-state index in [1.807, 2.05) is 48.5 Å². The van der Waals surface area contributed by atoms with Gasteiger partial charge in [0, 0.05) is 61.2 Å². The molecule has 1 aromatic heterocycles. The monoisotopic (exact) mass is 963 g/mol. The molecule has 1 aliphatic rings. The van der Waals surface area contributed by atoms with Crippen LogP contribution in [0.2, 0.25) is 0 Å². The molecule has 0 radical (unpaired) electrons. The van der Waals surface area contributed by atoms with Crippen LogP contribution in [0.4, 0.5) is 11.4 Å². The lowest BCUT2D eigenvalue weighted by molar-refractivity contribution is -0.136. The maximum Gasteiger partial charge on any atom is 0.303 e. The van der Waals surface area contributed by atoms with Gasteiger partial charge in [-0.2, -0.15) is 0 Å². The molecule has 4 N–H and O–H groups in total. The number of amides is 2. The van der Waals surface area contributed by atoms with Crippen molar-refractivity contribution in [3.63, 3.8) is 0 Å². The lowest BCUT2D eigenvalue weighted by Crippen LogP contribution is -2.31. The number of nitrogens with zero attached hydrogens (tertiary/aromatic N) is 2. The van der Waals surface area contributed by atoms with E-state index >= 15 is 0 Å². The normalized spacial score (nSPS) is 13.4. The fourth-order valence-electron chi connectivity index (χ4n) is 8.12. The molecule has 0 saturated carbocycles. The van der Waals surface area contributed by atoms with E-state index in [1.54, 1.807) is 36.5 Å². The van der Waals surface area contributed by atoms with Gasteiger partial charge in [-0.05, 0) is 129 Å². The summed E-state index contributed by atoms with van der Waals surface area (Å²) in [5, 5.41) is 15.2. The largest absolute Gasteiger partial charge is 0.481 e. The summed E-state index contributed by atoms with van der Waals surface area (Å²) in [4.78, 5) is 45.3. The van der Waals surface area contributed by atoms with Crippen LogP contribution >= 0.6 is 0 Å². The van der Waals surface area contributed by atoms with Gasteiger partial charge in [-0.1, -0.05) is 48.5 Å². The molecule has 6 rings (SSSR count). The highest BCUT2D eigenvalue weighted by Gasteiger charge is 2.23. The maximum absolute atomic E-state index is 13.8. The first-order valence-corrected chi connectivity index (χ1v) is 25.3. The minimum atomic E-state index is -3.70. The molecule has 2 amide bonds. The number of sulfonamides is 1. The zero-order valence-corrected chi connectivity index (χ0v) is 40.4. The number of nitrogens with one attached hydrogen (secondary N) is 3.